The SMILES string of the molecule is CCOC(COCC=O)OCC. The molecule has 0 rings (SSSR count). The van der Waals surface area contributed by atoms with Gasteiger partial charge in [0.05, 0.1) is 6.61 Å². The molecule has 0 atom stereocenters. The fourth-order valence-electron chi connectivity index (χ4n) is 0.729. The van der Waals surface area contributed by atoms with Crippen LogP contribution in [-0.4, -0.2) is 39.0 Å². The summed E-state index contributed by atoms with van der Waals surface area (Å²) in [5.74, 6) is 0. The first-order valence-corrected chi connectivity index (χ1v) is 4.09. The number of carbonyl (C=O) groups excluding carboxylic acids is 1. The van der Waals surface area contributed by atoms with E-state index in [1.807, 2.05) is 13.8 Å². The molecule has 0 aliphatic heterocycles. The van der Waals surface area contributed by atoms with Crippen LogP contribution in [0.2, 0.25) is 0 Å². The molecular formula is C8H16O4. The van der Waals surface area contributed by atoms with Gasteiger partial charge in [0.2, 0.25) is 0 Å². The second kappa shape index (κ2) is 8.64. The topological polar surface area (TPSA) is 44.8 Å². The van der Waals surface area contributed by atoms with Crippen molar-refractivity contribution >= 4 is 6.29 Å². The first-order valence-electron chi connectivity index (χ1n) is 4.09. The van der Waals surface area contributed by atoms with Crippen LogP contribution in [0.3, 0.4) is 0 Å². The van der Waals surface area contributed by atoms with Gasteiger partial charge in [-0.05, 0) is 13.8 Å². The Morgan fingerprint density at radius 3 is 2.25 bits per heavy atom. The molecule has 0 bridgehead atoms. The van der Waals surface area contributed by atoms with Crippen LogP contribution in [0, 0.1) is 0 Å². The maximum absolute atomic E-state index is 9.90. The zero-order valence-corrected chi connectivity index (χ0v) is 7.62. The van der Waals surface area contributed by atoms with Crippen molar-refractivity contribution in [1.82, 2.24) is 0 Å². The second-order valence-electron chi connectivity index (χ2n) is 2.04. The summed E-state index contributed by atoms with van der Waals surface area (Å²) in [6.45, 7) is 5.32. The summed E-state index contributed by atoms with van der Waals surface area (Å²) in [7, 11) is 0. The van der Waals surface area contributed by atoms with E-state index in [9.17, 15) is 4.79 Å². The molecule has 0 aromatic rings. The molecule has 0 aliphatic rings. The van der Waals surface area contributed by atoms with Gasteiger partial charge < -0.3 is 19.0 Å². The van der Waals surface area contributed by atoms with Crippen LogP contribution >= 0.6 is 0 Å². The minimum Gasteiger partial charge on any atom is -0.369 e. The lowest BCUT2D eigenvalue weighted by Gasteiger charge is -2.15. The molecule has 0 aromatic carbocycles. The highest BCUT2D eigenvalue weighted by molar-refractivity contribution is 5.50. The van der Waals surface area contributed by atoms with Crippen molar-refractivity contribution < 1.29 is 19.0 Å². The summed E-state index contributed by atoms with van der Waals surface area (Å²) < 4.78 is 15.3. The van der Waals surface area contributed by atoms with Gasteiger partial charge >= 0.3 is 0 Å². The lowest BCUT2D eigenvalue weighted by atomic mass is 10.6. The molecule has 0 saturated heterocycles. The molecule has 12 heavy (non-hydrogen) atoms. The lowest BCUT2D eigenvalue weighted by Crippen LogP contribution is -2.23. The normalized spacial score (nSPS) is 10.6. The molecule has 0 unspecified atom stereocenters. The summed E-state index contributed by atoms with van der Waals surface area (Å²) in [4.78, 5) is 9.90. The third kappa shape index (κ3) is 6.27. The van der Waals surface area contributed by atoms with Crippen molar-refractivity contribution in [2.45, 2.75) is 20.1 Å². The standard InChI is InChI=1S/C8H16O4/c1-3-11-8(12-4-2)7-10-6-5-9/h5,8H,3-4,6-7H2,1-2H3. The molecule has 0 radical (unpaired) electrons. The fraction of sp³-hybridized carbons (Fsp3) is 0.875. The minimum absolute atomic E-state index is 0.0939. The van der Waals surface area contributed by atoms with Crippen molar-refractivity contribution in [3.8, 4) is 0 Å². The van der Waals surface area contributed by atoms with Gasteiger partial charge in [0.1, 0.15) is 12.9 Å². The van der Waals surface area contributed by atoms with E-state index < -0.39 is 0 Å². The predicted octanol–water partition coefficient (Wildman–Crippen LogP) is 0.601. The van der Waals surface area contributed by atoms with E-state index in [0.29, 0.717) is 26.1 Å². The lowest BCUT2D eigenvalue weighted by molar-refractivity contribution is -0.167. The van der Waals surface area contributed by atoms with Gasteiger partial charge in [0.25, 0.3) is 0 Å². The number of ether oxygens (including phenoxy) is 3. The van der Waals surface area contributed by atoms with Crippen molar-refractivity contribution in [2.24, 2.45) is 0 Å². The highest BCUT2D eigenvalue weighted by atomic mass is 16.7. The Balaban J connectivity index is 3.40. The van der Waals surface area contributed by atoms with Crippen LogP contribution in [0.15, 0.2) is 0 Å². The molecule has 0 spiro atoms. The van der Waals surface area contributed by atoms with Crippen molar-refractivity contribution in [3.63, 3.8) is 0 Å². The van der Waals surface area contributed by atoms with Gasteiger partial charge in [-0.3, -0.25) is 0 Å². The summed E-state index contributed by atoms with van der Waals surface area (Å²) in [5, 5.41) is 0. The van der Waals surface area contributed by atoms with Crippen LogP contribution in [0.25, 0.3) is 0 Å². The molecule has 4 heteroatoms. The van der Waals surface area contributed by atoms with Gasteiger partial charge in [0.15, 0.2) is 6.29 Å². The van der Waals surface area contributed by atoms with E-state index in [4.69, 9.17) is 14.2 Å². The Bertz CT molecular complexity index is 99.2. The van der Waals surface area contributed by atoms with Crippen LogP contribution < -0.4 is 0 Å². The molecular weight excluding hydrogens is 160 g/mol. The fourth-order valence-corrected chi connectivity index (χ4v) is 0.729. The number of rotatable bonds is 8. The maximum atomic E-state index is 9.90. The third-order valence-corrected chi connectivity index (χ3v) is 1.14. The van der Waals surface area contributed by atoms with E-state index in [-0.39, 0.29) is 12.9 Å². The number of hydrogen-bond acceptors (Lipinski definition) is 4. The second-order valence-corrected chi connectivity index (χ2v) is 2.04. The van der Waals surface area contributed by atoms with E-state index in [0.717, 1.165) is 0 Å². The zero-order chi connectivity index (χ0) is 9.23. The van der Waals surface area contributed by atoms with Gasteiger partial charge in [-0.1, -0.05) is 0 Å². The van der Waals surface area contributed by atoms with E-state index in [1.54, 1.807) is 0 Å². The highest BCUT2D eigenvalue weighted by Gasteiger charge is 2.06. The Hall–Kier alpha value is -0.450. The zero-order valence-electron chi connectivity index (χ0n) is 7.62. The average molecular weight is 176 g/mol. The first-order chi connectivity index (χ1) is 5.85. The largest absolute Gasteiger partial charge is 0.369 e. The molecule has 0 fully saturated rings. The van der Waals surface area contributed by atoms with E-state index in [2.05, 4.69) is 0 Å². The van der Waals surface area contributed by atoms with Crippen LogP contribution in [0.4, 0.5) is 0 Å². The molecule has 0 saturated carbocycles. The Labute approximate surface area is 72.8 Å². The molecule has 0 aromatic heterocycles. The molecule has 4 nitrogen and oxygen atoms in total. The number of carbonyl (C=O) groups is 1. The summed E-state index contributed by atoms with van der Waals surface area (Å²) in [5.41, 5.74) is 0. The van der Waals surface area contributed by atoms with Gasteiger partial charge in [0, 0.05) is 13.2 Å². The molecule has 0 aliphatic carbocycles. The number of hydrogen-bond donors (Lipinski definition) is 0. The Morgan fingerprint density at radius 1 is 1.25 bits per heavy atom. The summed E-state index contributed by atoms with van der Waals surface area (Å²) in [6, 6.07) is 0. The predicted molar refractivity (Wildman–Crippen MR) is 43.9 cm³/mol. The van der Waals surface area contributed by atoms with Crippen LogP contribution in [0.5, 0.6) is 0 Å². The van der Waals surface area contributed by atoms with Crippen LogP contribution in [-0.2, 0) is 19.0 Å². The van der Waals surface area contributed by atoms with Crippen molar-refractivity contribution in [3.05, 3.63) is 0 Å². The highest BCUT2D eigenvalue weighted by Crippen LogP contribution is 1.95. The minimum atomic E-state index is -0.347. The molecule has 72 valence electrons. The molecule has 0 heterocycles. The average Bonchev–Trinajstić information content (AvgIpc) is 2.06. The Kier molecular flexibility index (Phi) is 8.32. The van der Waals surface area contributed by atoms with Crippen LogP contribution in [0.1, 0.15) is 13.8 Å². The molecule has 0 amide bonds. The summed E-state index contributed by atoms with van der Waals surface area (Å²) in [6.07, 6.45) is 0.356. The monoisotopic (exact) mass is 176 g/mol. The first kappa shape index (κ1) is 11.6. The van der Waals surface area contributed by atoms with Crippen molar-refractivity contribution in [1.29, 1.82) is 0 Å². The van der Waals surface area contributed by atoms with E-state index in [1.165, 1.54) is 0 Å². The quantitative estimate of drug-likeness (QED) is 0.308. The van der Waals surface area contributed by atoms with Crippen molar-refractivity contribution in [2.75, 3.05) is 26.4 Å². The summed E-state index contributed by atoms with van der Waals surface area (Å²) >= 11 is 0. The molecule has 0 N–H and O–H groups in total. The number of aldehydes is 1. The van der Waals surface area contributed by atoms with E-state index >= 15 is 0 Å². The van der Waals surface area contributed by atoms with Gasteiger partial charge in [-0.25, -0.2) is 0 Å². The smallest absolute Gasteiger partial charge is 0.180 e. The maximum Gasteiger partial charge on any atom is 0.180 e. The Morgan fingerprint density at radius 2 is 1.83 bits per heavy atom. The van der Waals surface area contributed by atoms with Gasteiger partial charge in [-0.2, -0.15) is 0 Å². The van der Waals surface area contributed by atoms with Gasteiger partial charge in [-0.15, -0.1) is 0 Å². The third-order valence-electron chi connectivity index (χ3n) is 1.14.